The molecular weight excluding hydrogens is 723 g/mol. The van der Waals surface area contributed by atoms with Gasteiger partial charge in [0.2, 0.25) is 0 Å². The minimum absolute atomic E-state index is 0. The van der Waals surface area contributed by atoms with E-state index in [4.69, 9.17) is 9.98 Å². The van der Waals surface area contributed by atoms with E-state index >= 15 is 0 Å². The Morgan fingerprint density at radius 3 is 0.964 bits per heavy atom. The standard InChI is InChI=1S/C53H82N2.Ni/c1-5-9-13-16-18-20-22-24-26-28-30-33-36-48-40-44-50(45-41-48)54-52(38-32-12-8-4)53(39-35-15-11-7-3)55-51-46-42-49(43-47-51)37-34-31-29-27-25-23-21-19-17-14-10-6-2;/h40-47H,5-32,35,38-39H2,1-4H3;. The van der Waals surface area contributed by atoms with Crippen LogP contribution in [0.15, 0.2) is 58.5 Å². The second kappa shape index (κ2) is 37.9. The van der Waals surface area contributed by atoms with Crippen LogP contribution in [-0.4, -0.2) is 11.4 Å². The zero-order valence-electron chi connectivity index (χ0n) is 36.7. The largest absolute Gasteiger partial charge is 0.252 e. The fraction of sp³-hybridized carbons (Fsp3) is 0.660. The molecule has 2 nitrogen and oxygen atoms in total. The summed E-state index contributed by atoms with van der Waals surface area (Å²) in [5.74, 6) is 13.6. The van der Waals surface area contributed by atoms with Gasteiger partial charge in [-0.15, -0.1) is 0 Å². The van der Waals surface area contributed by atoms with Crippen molar-refractivity contribution in [2.24, 2.45) is 9.98 Å². The molecule has 0 N–H and O–H groups in total. The third kappa shape index (κ3) is 27.9. The van der Waals surface area contributed by atoms with Gasteiger partial charge in [0.15, 0.2) is 0 Å². The van der Waals surface area contributed by atoms with Gasteiger partial charge in [-0.2, -0.15) is 0 Å². The number of nitrogens with zero attached hydrogens (tertiary/aromatic N) is 2. The second-order valence-corrected chi connectivity index (χ2v) is 15.9. The first-order chi connectivity index (χ1) is 27.2. The number of unbranched alkanes of at least 4 members (excludes halogenated alkanes) is 25. The van der Waals surface area contributed by atoms with Crippen LogP contribution in [0, 0.1) is 23.7 Å². The van der Waals surface area contributed by atoms with E-state index in [1.54, 1.807) is 0 Å². The van der Waals surface area contributed by atoms with Crippen molar-refractivity contribution in [3.8, 4) is 23.7 Å². The number of aliphatic imine (C=N–C) groups is 2. The fourth-order valence-electron chi connectivity index (χ4n) is 7.07. The van der Waals surface area contributed by atoms with Gasteiger partial charge >= 0.3 is 0 Å². The van der Waals surface area contributed by atoms with Crippen LogP contribution in [0.5, 0.6) is 0 Å². The molecule has 0 aliphatic carbocycles. The summed E-state index contributed by atoms with van der Waals surface area (Å²) >= 11 is 0. The Morgan fingerprint density at radius 2 is 0.625 bits per heavy atom. The number of benzene rings is 2. The van der Waals surface area contributed by atoms with Crippen LogP contribution in [0.3, 0.4) is 0 Å². The predicted octanol–water partition coefficient (Wildman–Crippen LogP) is 17.4. The van der Waals surface area contributed by atoms with Crippen LogP contribution in [0.25, 0.3) is 0 Å². The molecule has 0 heterocycles. The molecular formula is C53H82N2Ni. The Bertz CT molecular complexity index is 1380. The van der Waals surface area contributed by atoms with Gasteiger partial charge < -0.3 is 0 Å². The molecule has 2 aromatic carbocycles. The van der Waals surface area contributed by atoms with Gasteiger partial charge in [0, 0.05) is 40.5 Å². The predicted molar refractivity (Wildman–Crippen MR) is 247 cm³/mol. The molecule has 0 atom stereocenters. The van der Waals surface area contributed by atoms with Crippen molar-refractivity contribution < 1.29 is 16.5 Å². The van der Waals surface area contributed by atoms with Gasteiger partial charge in [-0.05, 0) is 87.1 Å². The summed E-state index contributed by atoms with van der Waals surface area (Å²) in [7, 11) is 0. The van der Waals surface area contributed by atoms with Crippen molar-refractivity contribution in [3.05, 3.63) is 59.7 Å². The van der Waals surface area contributed by atoms with Crippen molar-refractivity contribution >= 4 is 22.8 Å². The van der Waals surface area contributed by atoms with Gasteiger partial charge in [-0.25, -0.2) is 0 Å². The van der Waals surface area contributed by atoms with E-state index in [9.17, 15) is 0 Å². The molecule has 0 saturated heterocycles. The van der Waals surface area contributed by atoms with E-state index < -0.39 is 0 Å². The Balaban J connectivity index is 0.0000157. The third-order valence-electron chi connectivity index (χ3n) is 10.7. The van der Waals surface area contributed by atoms with Gasteiger partial charge in [-0.3, -0.25) is 9.98 Å². The van der Waals surface area contributed by atoms with Gasteiger partial charge in [0.25, 0.3) is 0 Å². The smallest absolute Gasteiger partial charge is 0.0634 e. The molecule has 2 rings (SSSR count). The van der Waals surface area contributed by atoms with Crippen LogP contribution >= 0.6 is 0 Å². The van der Waals surface area contributed by atoms with E-state index in [1.165, 1.54) is 161 Å². The number of hydrogen-bond donors (Lipinski definition) is 0. The summed E-state index contributed by atoms with van der Waals surface area (Å²) in [4.78, 5) is 10.5. The topological polar surface area (TPSA) is 24.7 Å². The maximum absolute atomic E-state index is 5.27. The SMILES string of the molecule is CCCCCCCCCCCCC#Cc1ccc(N=C(CCCCC)C(CCCCCC)=Nc2ccc(C#CCCCCCCCCCCCC)cc2)cc1.[Ni]. The number of rotatable bonds is 32. The van der Waals surface area contributed by atoms with Crippen LogP contribution < -0.4 is 0 Å². The molecule has 0 spiro atoms. The summed E-state index contributed by atoms with van der Waals surface area (Å²) < 4.78 is 0. The molecule has 314 valence electrons. The van der Waals surface area contributed by atoms with Crippen LogP contribution in [0.1, 0.15) is 238 Å². The zero-order chi connectivity index (χ0) is 39.3. The molecule has 3 heteroatoms. The summed E-state index contributed by atoms with van der Waals surface area (Å²) in [6.45, 7) is 9.13. The monoisotopic (exact) mass is 805 g/mol. The molecule has 56 heavy (non-hydrogen) atoms. The molecule has 2 aromatic rings. The van der Waals surface area contributed by atoms with E-state index in [-0.39, 0.29) is 16.5 Å². The maximum Gasteiger partial charge on any atom is 0.0634 e. The van der Waals surface area contributed by atoms with Gasteiger partial charge in [0.1, 0.15) is 0 Å². The van der Waals surface area contributed by atoms with Crippen LogP contribution in [0.2, 0.25) is 0 Å². The van der Waals surface area contributed by atoms with E-state index in [0.717, 1.165) is 72.4 Å². The molecule has 0 saturated carbocycles. The van der Waals surface area contributed by atoms with Gasteiger partial charge in [0.05, 0.1) is 22.8 Å². The molecule has 0 bridgehead atoms. The normalized spacial score (nSPS) is 11.4. The average Bonchev–Trinajstić information content (AvgIpc) is 3.20. The zero-order valence-corrected chi connectivity index (χ0v) is 37.7. The van der Waals surface area contributed by atoms with Crippen molar-refractivity contribution in [2.45, 2.75) is 227 Å². The molecule has 0 unspecified atom stereocenters. The Morgan fingerprint density at radius 1 is 0.357 bits per heavy atom. The molecule has 0 aromatic heterocycles. The van der Waals surface area contributed by atoms with Crippen LogP contribution in [0.4, 0.5) is 11.4 Å². The summed E-state index contributed by atoms with van der Waals surface area (Å²) in [6.07, 6.45) is 39.6. The summed E-state index contributed by atoms with van der Waals surface area (Å²) in [6, 6.07) is 17.1. The van der Waals surface area contributed by atoms with E-state index in [0.29, 0.717) is 0 Å². The first-order valence-electron chi connectivity index (χ1n) is 23.5. The third-order valence-corrected chi connectivity index (χ3v) is 10.7. The van der Waals surface area contributed by atoms with Gasteiger partial charge in [-0.1, -0.05) is 199 Å². The first-order valence-corrected chi connectivity index (χ1v) is 23.5. The quantitative estimate of drug-likeness (QED) is 0.0305. The molecule has 0 aliphatic heterocycles. The molecule has 0 fully saturated rings. The van der Waals surface area contributed by atoms with Crippen molar-refractivity contribution in [1.82, 2.24) is 0 Å². The minimum atomic E-state index is 0. The average molecular weight is 806 g/mol. The Hall–Kier alpha value is -2.61. The number of hydrogen-bond acceptors (Lipinski definition) is 2. The van der Waals surface area contributed by atoms with Crippen molar-refractivity contribution in [3.63, 3.8) is 0 Å². The first kappa shape index (κ1) is 51.4. The Kier molecular flexibility index (Phi) is 34.8. The summed E-state index contributed by atoms with van der Waals surface area (Å²) in [5.41, 5.74) is 6.46. The minimum Gasteiger partial charge on any atom is -0.252 e. The second-order valence-electron chi connectivity index (χ2n) is 15.9. The summed E-state index contributed by atoms with van der Waals surface area (Å²) in [5, 5.41) is 0. The van der Waals surface area contributed by atoms with Crippen molar-refractivity contribution in [1.29, 1.82) is 0 Å². The fourth-order valence-corrected chi connectivity index (χ4v) is 7.07. The molecule has 0 amide bonds. The van der Waals surface area contributed by atoms with Crippen molar-refractivity contribution in [2.75, 3.05) is 0 Å². The molecule has 0 aliphatic rings. The van der Waals surface area contributed by atoms with E-state index in [2.05, 4.69) is 99.9 Å². The van der Waals surface area contributed by atoms with Crippen LogP contribution in [-0.2, 0) is 16.5 Å². The maximum atomic E-state index is 5.27. The van der Waals surface area contributed by atoms with E-state index in [1.807, 2.05) is 0 Å². The Labute approximate surface area is 357 Å². The molecule has 0 radical (unpaired) electrons.